The standard InChI is InChI=1S/C15H24N6O2S/c1-3-8-16-13(22)11-6-4-5-7-12(11)14(23)17-9-10-24-15-18-19-20-21(15)2/h3,11-12H,1,4-10H2,2H3,(H,16,22)(H,17,23)/t11-,12+/m1/s1. The number of nitrogens with zero attached hydrogens (tertiary/aromatic N) is 4. The van der Waals surface area contributed by atoms with Crippen LogP contribution < -0.4 is 10.6 Å². The summed E-state index contributed by atoms with van der Waals surface area (Å²) in [7, 11) is 1.77. The highest BCUT2D eigenvalue weighted by Crippen LogP contribution is 2.30. The Morgan fingerprint density at radius 1 is 1.29 bits per heavy atom. The summed E-state index contributed by atoms with van der Waals surface area (Å²) >= 11 is 1.48. The Bertz CT molecular complexity index is 576. The highest BCUT2D eigenvalue weighted by Gasteiger charge is 2.35. The minimum absolute atomic E-state index is 0.0369. The molecule has 1 aliphatic rings. The van der Waals surface area contributed by atoms with E-state index in [1.165, 1.54) is 11.8 Å². The van der Waals surface area contributed by atoms with Crippen LogP contribution in [0.4, 0.5) is 0 Å². The lowest BCUT2D eigenvalue weighted by atomic mass is 9.78. The summed E-state index contributed by atoms with van der Waals surface area (Å²) in [5.41, 5.74) is 0. The van der Waals surface area contributed by atoms with Crippen molar-refractivity contribution in [2.45, 2.75) is 30.8 Å². The van der Waals surface area contributed by atoms with Gasteiger partial charge in [-0.3, -0.25) is 9.59 Å². The van der Waals surface area contributed by atoms with Crippen LogP contribution in [0.5, 0.6) is 0 Å². The number of hydrogen-bond acceptors (Lipinski definition) is 6. The molecule has 132 valence electrons. The molecule has 0 bridgehead atoms. The van der Waals surface area contributed by atoms with Gasteiger partial charge in [-0.15, -0.1) is 11.7 Å². The summed E-state index contributed by atoms with van der Waals surface area (Å²) in [5.74, 6) is 0.110. The maximum Gasteiger partial charge on any atom is 0.224 e. The topological polar surface area (TPSA) is 102 Å². The van der Waals surface area contributed by atoms with E-state index in [0.29, 0.717) is 24.0 Å². The van der Waals surface area contributed by atoms with E-state index in [-0.39, 0.29) is 23.7 Å². The molecule has 8 nitrogen and oxygen atoms in total. The first-order chi connectivity index (χ1) is 11.6. The van der Waals surface area contributed by atoms with Crippen molar-refractivity contribution in [1.82, 2.24) is 30.8 Å². The maximum absolute atomic E-state index is 12.4. The lowest BCUT2D eigenvalue weighted by molar-refractivity contribution is -0.136. The van der Waals surface area contributed by atoms with Gasteiger partial charge in [0, 0.05) is 37.7 Å². The van der Waals surface area contributed by atoms with Crippen molar-refractivity contribution >= 4 is 23.6 Å². The smallest absolute Gasteiger partial charge is 0.224 e. The number of carbonyl (C=O) groups is 2. The van der Waals surface area contributed by atoms with E-state index in [1.807, 2.05) is 0 Å². The quantitative estimate of drug-likeness (QED) is 0.402. The lowest BCUT2D eigenvalue weighted by Crippen LogP contribution is -2.44. The minimum atomic E-state index is -0.245. The lowest BCUT2D eigenvalue weighted by Gasteiger charge is -2.29. The Hall–Kier alpha value is -1.90. The summed E-state index contributed by atoms with van der Waals surface area (Å²) in [5, 5.41) is 17.7. The van der Waals surface area contributed by atoms with Gasteiger partial charge in [0.15, 0.2) is 0 Å². The Morgan fingerprint density at radius 3 is 2.54 bits per heavy atom. The van der Waals surface area contributed by atoms with Gasteiger partial charge < -0.3 is 10.6 Å². The van der Waals surface area contributed by atoms with Crippen LogP contribution in [0.3, 0.4) is 0 Å². The normalized spacial score (nSPS) is 20.4. The molecule has 1 fully saturated rings. The summed E-state index contributed by atoms with van der Waals surface area (Å²) in [4.78, 5) is 24.7. The number of aryl methyl sites for hydroxylation is 1. The molecule has 0 aromatic carbocycles. The van der Waals surface area contributed by atoms with Crippen molar-refractivity contribution < 1.29 is 9.59 Å². The van der Waals surface area contributed by atoms with Gasteiger partial charge in [-0.1, -0.05) is 30.7 Å². The molecule has 0 radical (unpaired) electrons. The molecule has 9 heteroatoms. The van der Waals surface area contributed by atoms with Crippen LogP contribution >= 0.6 is 11.8 Å². The highest BCUT2D eigenvalue weighted by atomic mass is 32.2. The summed E-state index contributed by atoms with van der Waals surface area (Å²) in [6.07, 6.45) is 5.15. The number of amides is 2. The molecular formula is C15H24N6O2S. The number of tetrazole rings is 1. The summed E-state index contributed by atoms with van der Waals surface area (Å²) in [6, 6.07) is 0. The third kappa shape index (κ3) is 5.05. The zero-order valence-electron chi connectivity index (χ0n) is 13.9. The largest absolute Gasteiger partial charge is 0.355 e. The zero-order chi connectivity index (χ0) is 17.4. The second kappa shape index (κ2) is 9.41. The van der Waals surface area contributed by atoms with Gasteiger partial charge in [0.05, 0.1) is 0 Å². The van der Waals surface area contributed by atoms with Crippen molar-refractivity contribution in [3.8, 4) is 0 Å². The number of aromatic nitrogens is 4. The van der Waals surface area contributed by atoms with Crippen LogP contribution in [0.2, 0.25) is 0 Å². The predicted octanol–water partition coefficient (Wildman–Crippen LogP) is 0.527. The molecule has 2 amide bonds. The minimum Gasteiger partial charge on any atom is -0.355 e. The third-order valence-corrected chi connectivity index (χ3v) is 5.09. The van der Waals surface area contributed by atoms with Crippen LogP contribution in [0, 0.1) is 11.8 Å². The monoisotopic (exact) mass is 352 g/mol. The second-order valence-electron chi connectivity index (χ2n) is 5.76. The van der Waals surface area contributed by atoms with Crippen LogP contribution in [-0.4, -0.2) is 50.9 Å². The number of carbonyl (C=O) groups excluding carboxylic acids is 2. The van der Waals surface area contributed by atoms with Gasteiger partial charge in [0.2, 0.25) is 17.0 Å². The molecule has 0 unspecified atom stereocenters. The number of nitrogens with one attached hydrogen (secondary N) is 2. The van der Waals surface area contributed by atoms with E-state index >= 15 is 0 Å². The first kappa shape index (κ1) is 18.4. The molecule has 2 N–H and O–H groups in total. The molecule has 1 saturated carbocycles. The molecule has 2 atom stereocenters. The van der Waals surface area contributed by atoms with Crippen molar-refractivity contribution in [1.29, 1.82) is 0 Å². The number of rotatable bonds is 8. The first-order valence-electron chi connectivity index (χ1n) is 8.15. The van der Waals surface area contributed by atoms with Gasteiger partial charge in [-0.05, 0) is 23.3 Å². The molecule has 1 heterocycles. The van der Waals surface area contributed by atoms with Crippen LogP contribution in [0.25, 0.3) is 0 Å². The molecular weight excluding hydrogens is 328 g/mol. The van der Waals surface area contributed by atoms with E-state index in [0.717, 1.165) is 25.7 Å². The first-order valence-corrected chi connectivity index (χ1v) is 9.13. The van der Waals surface area contributed by atoms with Gasteiger partial charge >= 0.3 is 0 Å². The van der Waals surface area contributed by atoms with Gasteiger partial charge in [0.25, 0.3) is 0 Å². The molecule has 0 spiro atoms. The SMILES string of the molecule is C=CCNC(=O)[C@@H]1CCCC[C@@H]1C(=O)NCCSc1nnnn1C. The van der Waals surface area contributed by atoms with E-state index in [1.54, 1.807) is 17.8 Å². The molecule has 1 aliphatic carbocycles. The van der Waals surface area contributed by atoms with Crippen LogP contribution in [0.15, 0.2) is 17.8 Å². The fourth-order valence-electron chi connectivity index (χ4n) is 2.85. The molecule has 24 heavy (non-hydrogen) atoms. The Labute approximate surface area is 145 Å². The van der Waals surface area contributed by atoms with Gasteiger partial charge in [-0.2, -0.15) is 0 Å². The van der Waals surface area contributed by atoms with Crippen molar-refractivity contribution in [3.63, 3.8) is 0 Å². The number of thioether (sulfide) groups is 1. The maximum atomic E-state index is 12.4. The van der Waals surface area contributed by atoms with Crippen LogP contribution in [-0.2, 0) is 16.6 Å². The van der Waals surface area contributed by atoms with Crippen molar-refractivity contribution in [2.75, 3.05) is 18.8 Å². The summed E-state index contributed by atoms with van der Waals surface area (Å²) in [6.45, 7) is 4.56. The molecule has 1 aromatic heterocycles. The molecule has 0 aliphatic heterocycles. The summed E-state index contributed by atoms with van der Waals surface area (Å²) < 4.78 is 1.59. The van der Waals surface area contributed by atoms with E-state index in [2.05, 4.69) is 32.7 Å². The fraction of sp³-hybridized carbons (Fsp3) is 0.667. The van der Waals surface area contributed by atoms with E-state index in [9.17, 15) is 9.59 Å². The predicted molar refractivity (Wildman–Crippen MR) is 91.2 cm³/mol. The Kier molecular flexibility index (Phi) is 7.23. The Balaban J connectivity index is 1.79. The zero-order valence-corrected chi connectivity index (χ0v) is 14.7. The van der Waals surface area contributed by atoms with E-state index < -0.39 is 0 Å². The molecule has 1 aromatic rings. The van der Waals surface area contributed by atoms with E-state index in [4.69, 9.17) is 0 Å². The average molecular weight is 352 g/mol. The highest BCUT2D eigenvalue weighted by molar-refractivity contribution is 7.99. The van der Waals surface area contributed by atoms with Gasteiger partial charge in [-0.25, -0.2) is 4.68 Å². The fourth-order valence-corrected chi connectivity index (χ4v) is 3.56. The number of hydrogen-bond donors (Lipinski definition) is 2. The third-order valence-electron chi connectivity index (χ3n) is 4.07. The van der Waals surface area contributed by atoms with Crippen molar-refractivity contribution in [2.24, 2.45) is 18.9 Å². The van der Waals surface area contributed by atoms with Crippen LogP contribution in [0.1, 0.15) is 25.7 Å². The average Bonchev–Trinajstić information content (AvgIpc) is 3.01. The molecule has 2 rings (SSSR count). The Morgan fingerprint density at radius 2 is 1.96 bits per heavy atom. The van der Waals surface area contributed by atoms with Crippen molar-refractivity contribution in [3.05, 3.63) is 12.7 Å². The van der Waals surface area contributed by atoms with Gasteiger partial charge in [0.1, 0.15) is 0 Å². The molecule has 0 saturated heterocycles. The second-order valence-corrected chi connectivity index (χ2v) is 6.82.